The molecule has 2 aromatic rings. The molecule has 0 fully saturated rings. The number of benzene rings is 2. The Bertz CT molecular complexity index is 1050. The summed E-state index contributed by atoms with van der Waals surface area (Å²) in [4.78, 5) is 25.1. The molecule has 0 aliphatic carbocycles. The molecule has 2 heterocycles. The van der Waals surface area contributed by atoms with Crippen LogP contribution in [-0.2, 0) is 22.4 Å². The molecule has 8 nitrogen and oxygen atoms in total. The van der Waals surface area contributed by atoms with Gasteiger partial charge in [-0.2, -0.15) is 0 Å². The molecule has 0 amide bonds. The largest absolute Gasteiger partial charge is 0.489 e. The van der Waals surface area contributed by atoms with Gasteiger partial charge in [-0.1, -0.05) is 39.8 Å². The monoisotopic (exact) mass is 552 g/mol. The first kappa shape index (κ1) is 29.9. The summed E-state index contributed by atoms with van der Waals surface area (Å²) in [5, 5.41) is 7.12. The van der Waals surface area contributed by atoms with Crippen LogP contribution in [0.15, 0.2) is 36.4 Å². The first-order valence-corrected chi connectivity index (χ1v) is 14.9. The molecule has 0 saturated heterocycles. The van der Waals surface area contributed by atoms with E-state index >= 15 is 0 Å². The van der Waals surface area contributed by atoms with Crippen LogP contribution in [0.1, 0.15) is 77.3 Å². The van der Waals surface area contributed by atoms with Gasteiger partial charge >= 0.3 is 11.9 Å². The minimum absolute atomic E-state index is 0.0466. The van der Waals surface area contributed by atoms with Gasteiger partial charge in [-0.05, 0) is 74.6 Å². The average Bonchev–Trinajstić information content (AvgIpc) is 2.97. The second-order valence-corrected chi connectivity index (χ2v) is 10.7. The maximum Gasteiger partial charge on any atom is 0.423 e. The molecule has 0 bridgehead atoms. The predicted octanol–water partition coefficient (Wildman–Crippen LogP) is 5.14. The number of aryl methyl sites for hydroxylation is 2. The SMILES string of the molecule is CCC(CC)NCC1CCc2ccc(OC(=O)C(=O)Oc3ccc4c(c3)OC(CNC(CC)CC)CC4)cc2O1. The van der Waals surface area contributed by atoms with Crippen molar-refractivity contribution in [1.82, 2.24) is 10.6 Å². The van der Waals surface area contributed by atoms with E-state index in [1.165, 1.54) is 0 Å². The summed E-state index contributed by atoms with van der Waals surface area (Å²) in [5.74, 6) is -0.323. The van der Waals surface area contributed by atoms with Gasteiger partial charge in [0, 0.05) is 37.3 Å². The number of fused-ring (bicyclic) bond motifs is 2. The molecule has 8 heteroatoms. The molecule has 2 atom stereocenters. The third-order valence-electron chi connectivity index (χ3n) is 7.96. The molecule has 2 unspecified atom stereocenters. The molecule has 0 saturated carbocycles. The van der Waals surface area contributed by atoms with Gasteiger partial charge in [-0.3, -0.25) is 0 Å². The molecular weight excluding hydrogens is 508 g/mol. The number of carbonyl (C=O) groups is 2. The molecule has 218 valence electrons. The molecule has 0 spiro atoms. The number of hydrogen-bond acceptors (Lipinski definition) is 8. The van der Waals surface area contributed by atoms with Crippen LogP contribution < -0.4 is 29.6 Å². The van der Waals surface area contributed by atoms with E-state index in [-0.39, 0.29) is 23.7 Å². The van der Waals surface area contributed by atoms with Gasteiger partial charge in [-0.25, -0.2) is 9.59 Å². The lowest BCUT2D eigenvalue weighted by Gasteiger charge is -2.28. The molecule has 0 radical (unpaired) electrons. The van der Waals surface area contributed by atoms with Crippen LogP contribution in [0.25, 0.3) is 0 Å². The van der Waals surface area contributed by atoms with Crippen LogP contribution in [0, 0.1) is 0 Å². The number of ether oxygens (including phenoxy) is 4. The fraction of sp³-hybridized carbons (Fsp3) is 0.562. The first-order valence-electron chi connectivity index (χ1n) is 14.9. The Morgan fingerprint density at radius 3 is 1.50 bits per heavy atom. The summed E-state index contributed by atoms with van der Waals surface area (Å²) >= 11 is 0. The fourth-order valence-corrected chi connectivity index (χ4v) is 5.27. The summed E-state index contributed by atoms with van der Waals surface area (Å²) in [6, 6.07) is 11.4. The first-order chi connectivity index (χ1) is 19.4. The normalized spacial score (nSPS) is 17.9. The van der Waals surface area contributed by atoms with Crippen molar-refractivity contribution < 1.29 is 28.5 Å². The Balaban J connectivity index is 1.30. The Morgan fingerprint density at radius 2 is 1.12 bits per heavy atom. The zero-order chi connectivity index (χ0) is 28.5. The molecule has 2 aliphatic heterocycles. The van der Waals surface area contributed by atoms with Gasteiger partial charge in [0.2, 0.25) is 0 Å². The molecule has 4 rings (SSSR count). The molecule has 2 aliphatic rings. The summed E-state index contributed by atoms with van der Waals surface area (Å²) < 4.78 is 23.0. The molecule has 0 aromatic heterocycles. The molecular formula is C32H44N2O6. The highest BCUT2D eigenvalue weighted by Gasteiger charge is 2.25. The van der Waals surface area contributed by atoms with Crippen LogP contribution in [-0.4, -0.2) is 49.3 Å². The third-order valence-corrected chi connectivity index (χ3v) is 7.96. The predicted molar refractivity (Wildman–Crippen MR) is 154 cm³/mol. The zero-order valence-corrected chi connectivity index (χ0v) is 24.3. The van der Waals surface area contributed by atoms with E-state index in [2.05, 4.69) is 38.3 Å². The van der Waals surface area contributed by atoms with Crippen molar-refractivity contribution in [2.24, 2.45) is 0 Å². The van der Waals surface area contributed by atoms with Crippen molar-refractivity contribution in [2.45, 2.75) is 103 Å². The number of carbonyl (C=O) groups excluding carboxylic acids is 2. The van der Waals surface area contributed by atoms with Crippen LogP contribution in [0.3, 0.4) is 0 Å². The minimum Gasteiger partial charge on any atom is -0.489 e. The van der Waals surface area contributed by atoms with Crippen molar-refractivity contribution >= 4 is 11.9 Å². The number of esters is 2. The number of rotatable bonds is 12. The summed E-state index contributed by atoms with van der Waals surface area (Å²) in [7, 11) is 0. The Labute approximate surface area is 238 Å². The van der Waals surface area contributed by atoms with Gasteiger partial charge < -0.3 is 29.6 Å². The van der Waals surface area contributed by atoms with Crippen molar-refractivity contribution in [3.05, 3.63) is 47.5 Å². The Morgan fingerprint density at radius 1 is 0.725 bits per heavy atom. The highest BCUT2D eigenvalue weighted by Crippen LogP contribution is 2.33. The summed E-state index contributed by atoms with van der Waals surface area (Å²) in [6.45, 7) is 10.2. The average molecular weight is 553 g/mol. The highest BCUT2D eigenvalue weighted by atomic mass is 16.6. The standard InChI is InChI=1S/C32H44N2O6/c1-5-23(6-2)33-19-27-15-11-21-9-13-25(17-29(21)37-27)39-31(35)32(36)40-26-14-10-22-12-16-28(38-30(22)18-26)20-34-24(7-3)8-4/h9-10,13-14,17-18,23-24,27-28,33-34H,5-8,11-12,15-16,19-20H2,1-4H3. The topological polar surface area (TPSA) is 95.1 Å². The van der Waals surface area contributed by atoms with Gasteiger partial charge in [0.1, 0.15) is 35.2 Å². The van der Waals surface area contributed by atoms with Gasteiger partial charge in [-0.15, -0.1) is 0 Å². The van der Waals surface area contributed by atoms with Crippen molar-refractivity contribution in [1.29, 1.82) is 0 Å². The maximum atomic E-state index is 12.6. The van der Waals surface area contributed by atoms with E-state index in [4.69, 9.17) is 18.9 Å². The van der Waals surface area contributed by atoms with E-state index in [9.17, 15) is 9.59 Å². The Hall–Kier alpha value is -3.10. The van der Waals surface area contributed by atoms with Crippen LogP contribution >= 0.6 is 0 Å². The van der Waals surface area contributed by atoms with E-state index in [1.807, 2.05) is 12.1 Å². The zero-order valence-electron chi connectivity index (χ0n) is 24.3. The third kappa shape index (κ3) is 7.98. The van der Waals surface area contributed by atoms with Gasteiger partial charge in [0.15, 0.2) is 0 Å². The number of nitrogens with one attached hydrogen (secondary N) is 2. The molecule has 40 heavy (non-hydrogen) atoms. The van der Waals surface area contributed by atoms with E-state index in [0.717, 1.165) is 75.6 Å². The van der Waals surface area contributed by atoms with Crippen molar-refractivity contribution in [2.75, 3.05) is 13.1 Å². The lowest BCUT2D eigenvalue weighted by Crippen LogP contribution is -2.39. The van der Waals surface area contributed by atoms with Gasteiger partial charge in [0.25, 0.3) is 0 Å². The Kier molecular flexibility index (Phi) is 10.8. The van der Waals surface area contributed by atoms with Crippen LogP contribution in [0.5, 0.6) is 23.0 Å². The van der Waals surface area contributed by atoms with Crippen LogP contribution in [0.4, 0.5) is 0 Å². The lowest BCUT2D eigenvalue weighted by atomic mass is 10.0. The molecule has 2 aromatic carbocycles. The second-order valence-electron chi connectivity index (χ2n) is 10.7. The fourth-order valence-electron chi connectivity index (χ4n) is 5.27. The quantitative estimate of drug-likeness (QED) is 0.212. The maximum absolute atomic E-state index is 12.6. The van der Waals surface area contributed by atoms with Crippen LogP contribution in [0.2, 0.25) is 0 Å². The minimum atomic E-state index is -1.09. The second kappa shape index (κ2) is 14.5. The van der Waals surface area contributed by atoms with Crippen molar-refractivity contribution in [3.63, 3.8) is 0 Å². The van der Waals surface area contributed by atoms with Gasteiger partial charge in [0.05, 0.1) is 0 Å². The smallest absolute Gasteiger partial charge is 0.423 e. The van der Waals surface area contributed by atoms with Crippen molar-refractivity contribution in [3.8, 4) is 23.0 Å². The summed E-state index contributed by atoms with van der Waals surface area (Å²) in [6.07, 6.45) is 8.00. The highest BCUT2D eigenvalue weighted by molar-refractivity contribution is 6.31. The summed E-state index contributed by atoms with van der Waals surface area (Å²) in [5.41, 5.74) is 2.12. The number of hydrogen-bond donors (Lipinski definition) is 2. The van der Waals surface area contributed by atoms with E-state index < -0.39 is 11.9 Å². The van der Waals surface area contributed by atoms with E-state index in [0.29, 0.717) is 23.6 Å². The molecule has 2 N–H and O–H groups in total. The lowest BCUT2D eigenvalue weighted by molar-refractivity contribution is -0.156. The van der Waals surface area contributed by atoms with E-state index in [1.54, 1.807) is 24.3 Å².